The van der Waals surface area contributed by atoms with E-state index in [4.69, 9.17) is 9.15 Å². The quantitative estimate of drug-likeness (QED) is 0.643. The number of thiazole rings is 1. The van der Waals surface area contributed by atoms with Crippen LogP contribution in [0.15, 0.2) is 53.1 Å². The van der Waals surface area contributed by atoms with E-state index in [-0.39, 0.29) is 0 Å². The summed E-state index contributed by atoms with van der Waals surface area (Å²) in [4.78, 5) is 17.1. The number of benzene rings is 1. The zero-order valence-corrected chi connectivity index (χ0v) is 16.2. The van der Waals surface area contributed by atoms with Crippen LogP contribution in [-0.4, -0.2) is 21.8 Å². The van der Waals surface area contributed by atoms with Gasteiger partial charge in [-0.1, -0.05) is 41.7 Å². The summed E-state index contributed by atoms with van der Waals surface area (Å²) in [6.45, 7) is 5.37. The molecule has 0 spiro atoms. The maximum atomic E-state index is 12.0. The number of furan rings is 1. The van der Waals surface area contributed by atoms with E-state index in [1.807, 2.05) is 30.3 Å². The van der Waals surface area contributed by atoms with E-state index in [1.54, 1.807) is 39.2 Å². The highest BCUT2D eigenvalue weighted by molar-refractivity contribution is 7.16. The largest absolute Gasteiger partial charge is 0.463 e. The summed E-state index contributed by atoms with van der Waals surface area (Å²) in [7, 11) is 0. The molecule has 0 bridgehead atoms. The molecule has 1 unspecified atom stereocenters. The summed E-state index contributed by atoms with van der Waals surface area (Å²) in [6, 6.07) is 13.2. The van der Waals surface area contributed by atoms with Crippen LogP contribution in [0, 0.1) is 0 Å². The number of aromatic nitrogens is 1. The summed E-state index contributed by atoms with van der Waals surface area (Å²) in [5.74, 6) is 0.533. The molecule has 0 aliphatic heterocycles. The Bertz CT molecular complexity index is 883. The molecule has 6 nitrogen and oxygen atoms in total. The average Bonchev–Trinajstić information content (AvgIpc) is 3.23. The highest BCUT2D eigenvalue weighted by atomic mass is 32.1. The lowest BCUT2D eigenvalue weighted by molar-refractivity contribution is 0.0636. The van der Waals surface area contributed by atoms with E-state index in [0.29, 0.717) is 27.9 Å². The van der Waals surface area contributed by atoms with Crippen molar-refractivity contribution >= 4 is 22.6 Å². The number of nitrogens with zero attached hydrogens (tertiary/aromatic N) is 1. The Kier molecular flexibility index (Phi) is 5.62. The van der Waals surface area contributed by atoms with Crippen LogP contribution in [0.3, 0.4) is 0 Å². The second-order valence-corrected chi connectivity index (χ2v) is 8.07. The number of hydrogen-bond acceptors (Lipinski definition) is 6. The third kappa shape index (κ3) is 5.18. The number of nitrogens with one attached hydrogen (secondary N) is 1. The van der Waals surface area contributed by atoms with Gasteiger partial charge in [-0.2, -0.15) is 0 Å². The van der Waals surface area contributed by atoms with E-state index < -0.39 is 17.8 Å². The minimum Gasteiger partial charge on any atom is -0.463 e. The fraction of sp³-hybridized carbons (Fsp3) is 0.300. The molecule has 0 saturated carbocycles. The molecule has 0 saturated heterocycles. The lowest BCUT2D eigenvalue weighted by atomic mass is 10.1. The highest BCUT2D eigenvalue weighted by Gasteiger charge is 2.24. The molecule has 0 aliphatic carbocycles. The van der Waals surface area contributed by atoms with Gasteiger partial charge < -0.3 is 14.3 Å². The summed E-state index contributed by atoms with van der Waals surface area (Å²) in [5.41, 5.74) is 0.908. The number of anilines is 1. The maximum absolute atomic E-state index is 12.0. The fourth-order valence-electron chi connectivity index (χ4n) is 2.52. The molecule has 1 atom stereocenters. The number of amides is 1. The highest BCUT2D eigenvalue weighted by Crippen LogP contribution is 2.37. The van der Waals surface area contributed by atoms with E-state index >= 15 is 0 Å². The molecule has 7 heteroatoms. The second kappa shape index (κ2) is 7.94. The van der Waals surface area contributed by atoms with Crippen molar-refractivity contribution in [1.82, 2.24) is 4.98 Å². The molecule has 27 heavy (non-hydrogen) atoms. The predicted octanol–water partition coefficient (Wildman–Crippen LogP) is 5.03. The predicted molar refractivity (Wildman–Crippen MR) is 105 cm³/mol. The number of rotatable bonds is 5. The van der Waals surface area contributed by atoms with Crippen molar-refractivity contribution in [3.05, 3.63) is 59.2 Å². The molecule has 3 rings (SSSR count). The van der Waals surface area contributed by atoms with E-state index in [2.05, 4.69) is 10.3 Å². The van der Waals surface area contributed by atoms with Gasteiger partial charge in [0.2, 0.25) is 0 Å². The fourth-order valence-corrected chi connectivity index (χ4v) is 3.46. The van der Waals surface area contributed by atoms with Crippen LogP contribution < -0.4 is 5.32 Å². The molecule has 3 aromatic rings. The molecule has 0 fully saturated rings. The van der Waals surface area contributed by atoms with Crippen molar-refractivity contribution in [1.29, 1.82) is 0 Å². The van der Waals surface area contributed by atoms with Gasteiger partial charge in [-0.15, -0.1) is 0 Å². The topological polar surface area (TPSA) is 84.6 Å². The minimum atomic E-state index is -0.779. The lowest BCUT2D eigenvalue weighted by Gasteiger charge is -2.18. The first-order valence-electron chi connectivity index (χ1n) is 8.58. The molecular weight excluding hydrogens is 364 g/mol. The first kappa shape index (κ1) is 19.1. The first-order chi connectivity index (χ1) is 12.8. The summed E-state index contributed by atoms with van der Waals surface area (Å²) in [6.07, 6.45) is 0.608. The van der Waals surface area contributed by atoms with Gasteiger partial charge in [-0.25, -0.2) is 9.78 Å². The van der Waals surface area contributed by atoms with Gasteiger partial charge in [0.15, 0.2) is 10.9 Å². The number of carbonyl (C=O) groups is 1. The molecule has 1 amide bonds. The standard InChI is InChI=1S/C20H22N2O4S/c1-20(2,3)26-19(24)22-18-21-16(15-10-7-11-25-15)17(27-18)14(23)12-13-8-5-4-6-9-13/h4-11,14,23H,12H2,1-3H3,(H,21,22,24). The molecule has 1 aromatic carbocycles. The van der Waals surface area contributed by atoms with Crippen molar-refractivity contribution < 1.29 is 19.1 Å². The van der Waals surface area contributed by atoms with Crippen molar-refractivity contribution in [2.24, 2.45) is 0 Å². The third-order valence-corrected chi connectivity index (χ3v) is 4.66. The monoisotopic (exact) mass is 386 g/mol. The average molecular weight is 386 g/mol. The van der Waals surface area contributed by atoms with Crippen LogP contribution in [-0.2, 0) is 11.2 Å². The van der Waals surface area contributed by atoms with Crippen LogP contribution >= 0.6 is 11.3 Å². The zero-order chi connectivity index (χ0) is 19.4. The Balaban J connectivity index is 1.85. The number of ether oxygens (including phenoxy) is 1. The Labute approximate surface area is 161 Å². The van der Waals surface area contributed by atoms with Crippen LogP contribution in [0.1, 0.15) is 37.3 Å². The SMILES string of the molecule is CC(C)(C)OC(=O)Nc1nc(-c2ccco2)c(C(O)Cc2ccccc2)s1. The molecule has 2 heterocycles. The van der Waals surface area contributed by atoms with Crippen LogP contribution in [0.2, 0.25) is 0 Å². The second-order valence-electron chi connectivity index (χ2n) is 7.04. The number of hydrogen-bond donors (Lipinski definition) is 2. The normalized spacial score (nSPS) is 12.6. The van der Waals surface area contributed by atoms with Gasteiger partial charge in [-0.05, 0) is 38.5 Å². The molecule has 0 radical (unpaired) electrons. The van der Waals surface area contributed by atoms with Crippen LogP contribution in [0.4, 0.5) is 9.93 Å². The van der Waals surface area contributed by atoms with Crippen molar-refractivity contribution in [2.75, 3.05) is 5.32 Å². The van der Waals surface area contributed by atoms with Crippen molar-refractivity contribution in [3.8, 4) is 11.5 Å². The van der Waals surface area contributed by atoms with E-state index in [1.165, 1.54) is 11.3 Å². The number of aliphatic hydroxyl groups is 1. The van der Waals surface area contributed by atoms with Gasteiger partial charge in [0.25, 0.3) is 0 Å². The molecular formula is C20H22N2O4S. The number of aliphatic hydroxyl groups excluding tert-OH is 1. The molecule has 2 N–H and O–H groups in total. The smallest absolute Gasteiger partial charge is 0.413 e. The van der Waals surface area contributed by atoms with Gasteiger partial charge in [-0.3, -0.25) is 5.32 Å². The van der Waals surface area contributed by atoms with Gasteiger partial charge in [0, 0.05) is 6.42 Å². The Morgan fingerprint density at radius 1 is 1.26 bits per heavy atom. The summed E-state index contributed by atoms with van der Waals surface area (Å²) in [5, 5.41) is 13.8. The van der Waals surface area contributed by atoms with E-state index in [9.17, 15) is 9.90 Å². The minimum absolute atomic E-state index is 0.345. The van der Waals surface area contributed by atoms with Crippen LogP contribution in [0.5, 0.6) is 0 Å². The maximum Gasteiger partial charge on any atom is 0.413 e. The van der Waals surface area contributed by atoms with Gasteiger partial charge in [0.05, 0.1) is 17.2 Å². The van der Waals surface area contributed by atoms with Gasteiger partial charge >= 0.3 is 6.09 Å². The third-order valence-electron chi connectivity index (χ3n) is 3.59. The Morgan fingerprint density at radius 2 is 2.00 bits per heavy atom. The van der Waals surface area contributed by atoms with Crippen molar-refractivity contribution in [2.45, 2.75) is 38.9 Å². The summed E-state index contributed by atoms with van der Waals surface area (Å²) >= 11 is 1.21. The van der Waals surface area contributed by atoms with E-state index in [0.717, 1.165) is 5.56 Å². The Morgan fingerprint density at radius 3 is 2.63 bits per heavy atom. The molecule has 0 aliphatic rings. The summed E-state index contributed by atoms with van der Waals surface area (Å²) < 4.78 is 10.7. The first-order valence-corrected chi connectivity index (χ1v) is 9.40. The zero-order valence-electron chi connectivity index (χ0n) is 15.4. The molecule has 142 valence electrons. The Hall–Kier alpha value is -2.64. The van der Waals surface area contributed by atoms with Gasteiger partial charge in [0.1, 0.15) is 11.3 Å². The van der Waals surface area contributed by atoms with Crippen molar-refractivity contribution in [3.63, 3.8) is 0 Å². The molecule has 2 aromatic heterocycles. The number of carbonyl (C=O) groups excluding carboxylic acids is 1. The van der Waals surface area contributed by atoms with Crippen LogP contribution in [0.25, 0.3) is 11.5 Å². The lowest BCUT2D eigenvalue weighted by Crippen LogP contribution is -2.27.